The summed E-state index contributed by atoms with van der Waals surface area (Å²) in [5, 5.41) is 6.64. The summed E-state index contributed by atoms with van der Waals surface area (Å²) in [5.74, 6) is 0.381. The molecule has 4 nitrogen and oxygen atoms in total. The van der Waals surface area contributed by atoms with Crippen molar-refractivity contribution >= 4 is 21.8 Å². The van der Waals surface area contributed by atoms with Gasteiger partial charge in [0.05, 0.1) is 18.3 Å². The Morgan fingerprint density at radius 3 is 2.50 bits per heavy atom. The summed E-state index contributed by atoms with van der Waals surface area (Å²) >= 11 is 0. The van der Waals surface area contributed by atoms with E-state index in [0.29, 0.717) is 11.4 Å². The first-order chi connectivity index (χ1) is 13.8. The predicted octanol–water partition coefficient (Wildman–Crippen LogP) is 5.39. The highest BCUT2D eigenvalue weighted by atomic mass is 19.1. The Kier molecular flexibility index (Phi) is 3.79. The lowest BCUT2D eigenvalue weighted by Gasteiger charge is -2.08. The van der Waals surface area contributed by atoms with E-state index in [1.807, 2.05) is 60.8 Å². The van der Waals surface area contributed by atoms with Crippen LogP contribution in [0.25, 0.3) is 38.8 Å². The maximum absolute atomic E-state index is 13.9. The van der Waals surface area contributed by atoms with Crippen LogP contribution >= 0.6 is 0 Å². The highest BCUT2D eigenvalue weighted by molar-refractivity contribution is 6.10. The van der Waals surface area contributed by atoms with Crippen LogP contribution in [0.5, 0.6) is 5.75 Å². The normalized spacial score (nSPS) is 11.2. The molecule has 0 radical (unpaired) electrons. The molecule has 0 saturated carbocycles. The summed E-state index contributed by atoms with van der Waals surface area (Å²) in [7, 11) is 1.62. The van der Waals surface area contributed by atoms with E-state index in [4.69, 9.17) is 9.84 Å². The molecule has 0 aliphatic carbocycles. The number of rotatable bonds is 3. The highest BCUT2D eigenvalue weighted by Crippen LogP contribution is 2.36. The number of nitrogens with zero attached hydrogens (tertiary/aromatic N) is 3. The van der Waals surface area contributed by atoms with Gasteiger partial charge in [0.2, 0.25) is 0 Å². The van der Waals surface area contributed by atoms with E-state index < -0.39 is 0 Å². The molecule has 2 heterocycles. The lowest BCUT2D eigenvalue weighted by Crippen LogP contribution is -1.98. The van der Waals surface area contributed by atoms with Gasteiger partial charge in [-0.15, -0.1) is 0 Å². The van der Waals surface area contributed by atoms with Crippen molar-refractivity contribution in [2.75, 3.05) is 7.11 Å². The molecule has 0 spiro atoms. The number of para-hydroxylation sites is 1. The van der Waals surface area contributed by atoms with Crippen molar-refractivity contribution in [3.8, 4) is 22.7 Å². The molecular weight excluding hydrogens is 353 g/mol. The second-order valence-corrected chi connectivity index (χ2v) is 6.48. The van der Waals surface area contributed by atoms with Crippen LogP contribution in [0.1, 0.15) is 0 Å². The molecule has 5 rings (SSSR count). The second-order valence-electron chi connectivity index (χ2n) is 6.48. The van der Waals surface area contributed by atoms with Crippen molar-refractivity contribution in [2.24, 2.45) is 0 Å². The fourth-order valence-electron chi connectivity index (χ4n) is 3.56. The minimum absolute atomic E-state index is 0.307. The minimum Gasteiger partial charge on any atom is -0.494 e. The molecule has 136 valence electrons. The summed E-state index contributed by atoms with van der Waals surface area (Å²) in [6.07, 6.45) is 1.81. The number of hydrogen-bond acceptors (Lipinski definition) is 3. The summed E-state index contributed by atoms with van der Waals surface area (Å²) in [6, 6.07) is 22.1. The Balaban J connectivity index is 1.93. The summed E-state index contributed by atoms with van der Waals surface area (Å²) in [6.45, 7) is 0. The van der Waals surface area contributed by atoms with E-state index in [-0.39, 0.29) is 5.82 Å². The maximum Gasteiger partial charge on any atom is 0.145 e. The molecule has 0 saturated heterocycles. The van der Waals surface area contributed by atoms with Crippen molar-refractivity contribution in [1.29, 1.82) is 0 Å². The molecule has 0 atom stereocenters. The predicted molar refractivity (Wildman–Crippen MR) is 108 cm³/mol. The van der Waals surface area contributed by atoms with Crippen LogP contribution in [0.3, 0.4) is 0 Å². The molecule has 2 aromatic heterocycles. The van der Waals surface area contributed by atoms with Gasteiger partial charge in [0, 0.05) is 22.5 Å². The van der Waals surface area contributed by atoms with Crippen molar-refractivity contribution in [2.45, 2.75) is 0 Å². The summed E-state index contributed by atoms with van der Waals surface area (Å²) in [4.78, 5) is 4.64. The first-order valence-electron chi connectivity index (χ1n) is 8.92. The lowest BCUT2D eigenvalue weighted by atomic mass is 10.1. The van der Waals surface area contributed by atoms with Gasteiger partial charge in [0.25, 0.3) is 0 Å². The van der Waals surface area contributed by atoms with E-state index >= 15 is 0 Å². The second kappa shape index (κ2) is 6.46. The number of benzene rings is 3. The molecule has 28 heavy (non-hydrogen) atoms. The monoisotopic (exact) mass is 369 g/mol. The zero-order valence-corrected chi connectivity index (χ0v) is 15.1. The SMILES string of the molecule is COc1cccc2c1ncc1c(-c3ccccc3)nn(-c3cccc(F)c3)c12. The van der Waals surface area contributed by atoms with Crippen LogP contribution in [0.4, 0.5) is 4.39 Å². The van der Waals surface area contributed by atoms with Crippen LogP contribution in [0.2, 0.25) is 0 Å². The minimum atomic E-state index is -0.307. The van der Waals surface area contributed by atoms with Gasteiger partial charge in [-0.25, -0.2) is 9.07 Å². The van der Waals surface area contributed by atoms with E-state index in [0.717, 1.165) is 33.1 Å². The standard InChI is InChI=1S/C23H16FN3O/c1-28-20-12-6-11-18-22(20)25-14-19-21(15-7-3-2-4-8-15)26-27(23(18)19)17-10-5-9-16(24)13-17/h2-14H,1H3. The van der Waals surface area contributed by atoms with E-state index in [1.165, 1.54) is 12.1 Å². The molecule has 0 fully saturated rings. The van der Waals surface area contributed by atoms with Gasteiger partial charge in [-0.05, 0) is 24.3 Å². The molecular formula is C23H16FN3O. The average Bonchev–Trinajstić information content (AvgIpc) is 3.14. The zero-order chi connectivity index (χ0) is 19.1. The van der Waals surface area contributed by atoms with Crippen molar-refractivity contribution in [3.05, 3.63) is 84.8 Å². The number of halogens is 1. The largest absolute Gasteiger partial charge is 0.494 e. The molecule has 0 amide bonds. The Morgan fingerprint density at radius 1 is 0.893 bits per heavy atom. The van der Waals surface area contributed by atoms with Crippen LogP contribution in [-0.2, 0) is 0 Å². The molecule has 0 N–H and O–H groups in total. The summed E-state index contributed by atoms with van der Waals surface area (Å²) in [5.41, 5.74) is 4.05. The Labute approximate surface area is 160 Å². The van der Waals surface area contributed by atoms with Crippen molar-refractivity contribution in [1.82, 2.24) is 14.8 Å². The molecule has 0 aliphatic heterocycles. The van der Waals surface area contributed by atoms with Gasteiger partial charge in [0.15, 0.2) is 0 Å². The van der Waals surface area contributed by atoms with Crippen molar-refractivity contribution < 1.29 is 9.13 Å². The highest BCUT2D eigenvalue weighted by Gasteiger charge is 2.18. The van der Waals surface area contributed by atoms with Gasteiger partial charge in [-0.1, -0.05) is 48.5 Å². The fraction of sp³-hybridized carbons (Fsp3) is 0.0435. The van der Waals surface area contributed by atoms with Gasteiger partial charge in [0.1, 0.15) is 22.8 Å². The Morgan fingerprint density at radius 2 is 1.71 bits per heavy atom. The summed E-state index contributed by atoms with van der Waals surface area (Å²) < 4.78 is 21.2. The number of methoxy groups -OCH3 is 1. The average molecular weight is 369 g/mol. The molecule has 0 bridgehead atoms. The van der Waals surface area contributed by atoms with Crippen LogP contribution in [-0.4, -0.2) is 21.9 Å². The van der Waals surface area contributed by atoms with Gasteiger partial charge >= 0.3 is 0 Å². The van der Waals surface area contributed by atoms with Crippen molar-refractivity contribution in [3.63, 3.8) is 0 Å². The first-order valence-corrected chi connectivity index (χ1v) is 8.92. The maximum atomic E-state index is 13.9. The Bertz CT molecular complexity index is 1310. The number of pyridine rings is 1. The third-order valence-electron chi connectivity index (χ3n) is 4.82. The van der Waals surface area contributed by atoms with Gasteiger partial charge in [-0.2, -0.15) is 5.10 Å². The third kappa shape index (κ3) is 2.52. The van der Waals surface area contributed by atoms with E-state index in [1.54, 1.807) is 17.9 Å². The number of hydrogen-bond donors (Lipinski definition) is 0. The lowest BCUT2D eigenvalue weighted by molar-refractivity contribution is 0.419. The van der Waals surface area contributed by atoms with Crippen LogP contribution in [0.15, 0.2) is 79.0 Å². The number of fused-ring (bicyclic) bond motifs is 3. The molecule has 5 heteroatoms. The molecule has 5 aromatic rings. The van der Waals surface area contributed by atoms with E-state index in [2.05, 4.69) is 4.98 Å². The molecule has 0 unspecified atom stereocenters. The number of aromatic nitrogens is 3. The van der Waals surface area contributed by atoms with Crippen LogP contribution < -0.4 is 4.74 Å². The van der Waals surface area contributed by atoms with Gasteiger partial charge < -0.3 is 4.74 Å². The fourth-order valence-corrected chi connectivity index (χ4v) is 3.56. The topological polar surface area (TPSA) is 39.9 Å². The van der Waals surface area contributed by atoms with Crippen LogP contribution in [0, 0.1) is 5.82 Å². The molecule has 3 aromatic carbocycles. The van der Waals surface area contributed by atoms with E-state index in [9.17, 15) is 4.39 Å². The molecule has 0 aliphatic rings. The first kappa shape index (κ1) is 16.4. The Hall–Kier alpha value is -3.73. The number of ether oxygens (including phenoxy) is 1. The smallest absolute Gasteiger partial charge is 0.145 e. The van der Waals surface area contributed by atoms with Gasteiger partial charge in [-0.3, -0.25) is 4.98 Å². The zero-order valence-electron chi connectivity index (χ0n) is 15.1. The third-order valence-corrected chi connectivity index (χ3v) is 4.82. The quantitative estimate of drug-likeness (QED) is 0.428.